The number of nitrogens with zero attached hydrogens (tertiary/aromatic N) is 6. The van der Waals surface area contributed by atoms with E-state index in [1.165, 1.54) is 39.9 Å². The summed E-state index contributed by atoms with van der Waals surface area (Å²) in [6.45, 7) is 3.86. The zero-order chi connectivity index (χ0) is 18.3. The van der Waals surface area contributed by atoms with Gasteiger partial charge in [0.2, 0.25) is 20.1 Å². The highest BCUT2D eigenvalue weighted by Gasteiger charge is 2.29. The summed E-state index contributed by atoms with van der Waals surface area (Å²) >= 11 is 1.50. The topological polar surface area (TPSA) is 94.6 Å². The van der Waals surface area contributed by atoms with Crippen LogP contribution in [0.2, 0.25) is 0 Å². The molecule has 8 nitrogen and oxygen atoms in total. The molecule has 1 fully saturated rings. The lowest BCUT2D eigenvalue weighted by Crippen LogP contribution is -2.48. The Morgan fingerprint density at radius 1 is 1.15 bits per heavy atom. The van der Waals surface area contributed by atoms with Crippen molar-refractivity contribution >= 4 is 31.5 Å². The second-order valence-corrected chi connectivity index (χ2v) is 8.89. The van der Waals surface area contributed by atoms with Crippen molar-refractivity contribution in [3.63, 3.8) is 0 Å². The van der Waals surface area contributed by atoms with Gasteiger partial charge in [0.1, 0.15) is 0 Å². The average Bonchev–Trinajstić information content (AvgIpc) is 3.19. The first kappa shape index (κ1) is 17.0. The Hall–Kier alpha value is -2.48. The van der Waals surface area contributed by atoms with Gasteiger partial charge in [-0.15, -0.1) is 5.10 Å². The summed E-state index contributed by atoms with van der Waals surface area (Å²) in [7, 11) is -3.55. The summed E-state index contributed by atoms with van der Waals surface area (Å²) in [5, 5.41) is 14.2. The van der Waals surface area contributed by atoms with E-state index >= 15 is 0 Å². The molecule has 0 atom stereocenters. The Balaban J connectivity index is 1.48. The highest BCUT2D eigenvalue weighted by atomic mass is 32.2. The van der Waals surface area contributed by atoms with Crippen LogP contribution in [0, 0.1) is 18.3 Å². The first-order chi connectivity index (χ1) is 12.5. The zero-order valence-electron chi connectivity index (χ0n) is 14.0. The van der Waals surface area contributed by atoms with Gasteiger partial charge in [-0.05, 0) is 31.2 Å². The normalized spacial score (nSPS) is 16.1. The van der Waals surface area contributed by atoms with Crippen molar-refractivity contribution in [1.29, 1.82) is 5.26 Å². The second kappa shape index (κ2) is 6.35. The Kier molecular flexibility index (Phi) is 4.14. The summed E-state index contributed by atoms with van der Waals surface area (Å²) < 4.78 is 28.8. The molecule has 3 heterocycles. The van der Waals surface area contributed by atoms with Crippen LogP contribution in [-0.4, -0.2) is 53.5 Å². The monoisotopic (exact) mass is 388 g/mol. The number of rotatable bonds is 3. The average molecular weight is 388 g/mol. The van der Waals surface area contributed by atoms with E-state index in [-0.39, 0.29) is 4.90 Å². The molecular weight excluding hydrogens is 372 g/mol. The van der Waals surface area contributed by atoms with Gasteiger partial charge in [-0.25, -0.2) is 17.9 Å². The molecule has 4 rings (SSSR count). The van der Waals surface area contributed by atoms with Gasteiger partial charge in [0.15, 0.2) is 0 Å². The Morgan fingerprint density at radius 2 is 1.85 bits per heavy atom. The number of hydrogen-bond donors (Lipinski definition) is 0. The third-order valence-corrected chi connectivity index (χ3v) is 7.18. The van der Waals surface area contributed by atoms with E-state index in [0.29, 0.717) is 31.7 Å². The number of anilines is 1. The molecule has 2 aromatic heterocycles. The van der Waals surface area contributed by atoms with Crippen molar-refractivity contribution < 1.29 is 8.42 Å². The van der Waals surface area contributed by atoms with E-state index in [2.05, 4.69) is 15.0 Å². The van der Waals surface area contributed by atoms with Crippen LogP contribution in [0.5, 0.6) is 0 Å². The molecular formula is C16H16N6O2S2. The van der Waals surface area contributed by atoms with E-state index in [1.54, 1.807) is 4.52 Å². The van der Waals surface area contributed by atoms with Crippen molar-refractivity contribution in [1.82, 2.24) is 18.9 Å². The van der Waals surface area contributed by atoms with Crippen molar-refractivity contribution in [2.75, 3.05) is 31.1 Å². The largest absolute Gasteiger partial charge is 0.344 e. The molecule has 3 aromatic rings. The van der Waals surface area contributed by atoms with Crippen molar-refractivity contribution in [3.8, 4) is 6.07 Å². The van der Waals surface area contributed by atoms with E-state index < -0.39 is 10.0 Å². The Morgan fingerprint density at radius 3 is 2.46 bits per heavy atom. The predicted octanol–water partition coefficient (Wildman–Crippen LogP) is 1.48. The lowest BCUT2D eigenvalue weighted by atomic mass is 10.2. The van der Waals surface area contributed by atoms with Gasteiger partial charge in [-0.1, -0.05) is 11.3 Å². The fourth-order valence-corrected chi connectivity index (χ4v) is 5.30. The number of aryl methyl sites for hydroxylation is 1. The highest BCUT2D eigenvalue weighted by Crippen LogP contribution is 2.25. The van der Waals surface area contributed by atoms with Crippen LogP contribution in [0.1, 0.15) is 11.3 Å². The zero-order valence-corrected chi connectivity index (χ0v) is 15.7. The second-order valence-electron chi connectivity index (χ2n) is 6.02. The van der Waals surface area contributed by atoms with E-state index in [9.17, 15) is 8.42 Å². The number of fused-ring (bicyclic) bond motifs is 1. The predicted molar refractivity (Wildman–Crippen MR) is 97.7 cm³/mol. The third-order valence-electron chi connectivity index (χ3n) is 4.28. The quantitative estimate of drug-likeness (QED) is 0.675. The number of nitriles is 1. The molecule has 0 N–H and O–H groups in total. The van der Waals surface area contributed by atoms with Crippen LogP contribution in [-0.2, 0) is 10.0 Å². The smallest absolute Gasteiger partial charge is 0.243 e. The molecule has 134 valence electrons. The molecule has 0 aliphatic carbocycles. The lowest BCUT2D eigenvalue weighted by molar-refractivity contribution is 0.384. The molecule has 1 saturated heterocycles. The molecule has 0 saturated carbocycles. The van der Waals surface area contributed by atoms with Gasteiger partial charge < -0.3 is 4.90 Å². The molecule has 0 amide bonds. The fourth-order valence-electron chi connectivity index (χ4n) is 2.90. The third kappa shape index (κ3) is 2.94. The molecule has 10 heteroatoms. The minimum atomic E-state index is -3.55. The van der Waals surface area contributed by atoms with Crippen LogP contribution < -0.4 is 4.90 Å². The number of sulfonamides is 1. The first-order valence-corrected chi connectivity index (χ1v) is 10.3. The summed E-state index contributed by atoms with van der Waals surface area (Å²) in [4.78, 5) is 7.54. The molecule has 0 spiro atoms. The van der Waals surface area contributed by atoms with Gasteiger partial charge in [0.05, 0.1) is 28.4 Å². The number of piperazine rings is 1. The minimum absolute atomic E-state index is 0.216. The highest BCUT2D eigenvalue weighted by molar-refractivity contribution is 7.89. The molecule has 0 bridgehead atoms. The summed E-state index contributed by atoms with van der Waals surface area (Å²) in [5.41, 5.74) is 1.37. The molecule has 1 aliphatic rings. The first-order valence-electron chi connectivity index (χ1n) is 8.05. The summed E-state index contributed by atoms with van der Waals surface area (Å²) in [6.07, 6.45) is 1.88. The number of aromatic nitrogens is 3. The van der Waals surface area contributed by atoms with E-state index in [1.807, 2.05) is 19.2 Å². The van der Waals surface area contributed by atoms with Gasteiger partial charge >= 0.3 is 0 Å². The molecule has 1 aromatic carbocycles. The van der Waals surface area contributed by atoms with Crippen LogP contribution in [0.3, 0.4) is 0 Å². The summed E-state index contributed by atoms with van der Waals surface area (Å²) in [5.74, 6) is 0. The standard InChI is InChI=1S/C16H16N6O2S2/c1-12-11-22-15(18-12)25-16(19-22)20-6-8-21(9-7-20)26(23,24)14-4-2-13(10-17)3-5-14/h2-5,11H,6-9H2,1H3. The number of imidazole rings is 1. The van der Waals surface area contributed by atoms with Gasteiger partial charge in [0.25, 0.3) is 0 Å². The SMILES string of the molecule is Cc1cn2nc(N3CCN(S(=O)(=O)c4ccc(C#N)cc4)CC3)sc2n1. The molecule has 26 heavy (non-hydrogen) atoms. The summed E-state index contributed by atoms with van der Waals surface area (Å²) in [6, 6.07) is 8.01. The molecule has 0 radical (unpaired) electrons. The van der Waals surface area contributed by atoms with E-state index in [0.717, 1.165) is 15.8 Å². The minimum Gasteiger partial charge on any atom is -0.344 e. The van der Waals surface area contributed by atoms with Crippen molar-refractivity contribution in [2.24, 2.45) is 0 Å². The lowest BCUT2D eigenvalue weighted by Gasteiger charge is -2.33. The Bertz CT molecular complexity index is 1050. The maximum Gasteiger partial charge on any atom is 0.243 e. The fraction of sp³-hybridized carbons (Fsp3) is 0.312. The van der Waals surface area contributed by atoms with Gasteiger partial charge in [-0.2, -0.15) is 9.57 Å². The van der Waals surface area contributed by atoms with Crippen molar-refractivity contribution in [3.05, 3.63) is 41.7 Å². The van der Waals surface area contributed by atoms with Gasteiger partial charge in [0, 0.05) is 26.2 Å². The number of hydrogen-bond acceptors (Lipinski definition) is 7. The van der Waals surface area contributed by atoms with Crippen LogP contribution >= 0.6 is 11.3 Å². The maximum absolute atomic E-state index is 12.8. The van der Waals surface area contributed by atoms with E-state index in [4.69, 9.17) is 5.26 Å². The Labute approximate surface area is 155 Å². The number of benzene rings is 1. The van der Waals surface area contributed by atoms with Crippen LogP contribution in [0.25, 0.3) is 4.96 Å². The van der Waals surface area contributed by atoms with Crippen LogP contribution in [0.4, 0.5) is 5.13 Å². The molecule has 1 aliphatic heterocycles. The van der Waals surface area contributed by atoms with Crippen LogP contribution in [0.15, 0.2) is 35.4 Å². The molecule has 0 unspecified atom stereocenters. The maximum atomic E-state index is 12.8. The van der Waals surface area contributed by atoms with Crippen molar-refractivity contribution in [2.45, 2.75) is 11.8 Å². The van der Waals surface area contributed by atoms with Gasteiger partial charge in [-0.3, -0.25) is 0 Å².